The quantitative estimate of drug-likeness (QED) is 0.462. The maximum absolute atomic E-state index is 6.26. The van der Waals surface area contributed by atoms with E-state index in [1.165, 1.54) is 38.5 Å². The van der Waals surface area contributed by atoms with Crippen LogP contribution in [0.15, 0.2) is 0 Å². The minimum Gasteiger partial charge on any atom is -0.377 e. The van der Waals surface area contributed by atoms with E-state index in [0.29, 0.717) is 49.8 Å². The van der Waals surface area contributed by atoms with Crippen LogP contribution >= 0.6 is 0 Å². The Morgan fingerprint density at radius 3 is 1.59 bits per heavy atom. The molecule has 5 heteroatoms. The molecule has 6 aliphatic carbocycles. The lowest BCUT2D eigenvalue weighted by Crippen LogP contribution is -2.34. The highest BCUT2D eigenvalue weighted by molar-refractivity contribution is 5.15. The lowest BCUT2D eigenvalue weighted by molar-refractivity contribution is -0.0649. The fourth-order valence-electron chi connectivity index (χ4n) is 9.54. The average Bonchev–Trinajstić information content (AvgIpc) is 3.26. The van der Waals surface area contributed by atoms with Gasteiger partial charge in [0.05, 0.1) is 63.1 Å². The molecule has 2 heterocycles. The SMILES string of the molecule is C(CO[C@@H]1C[C@@H]2C[C@@H]1[C@H]1C[C@H]3O[C@@H]3[C@H]21)OCCO[C@@H]1C[C@H]2C[C@H]1[C@H]1C[C@H]3O[C@@H]3[C@H]21. The first kappa shape index (κ1) is 17.4. The number of epoxide rings is 2. The van der Waals surface area contributed by atoms with E-state index < -0.39 is 0 Å². The molecule has 2 saturated heterocycles. The van der Waals surface area contributed by atoms with Crippen molar-refractivity contribution in [2.75, 3.05) is 26.4 Å². The van der Waals surface area contributed by atoms with Crippen LogP contribution in [0.3, 0.4) is 0 Å². The summed E-state index contributed by atoms with van der Waals surface area (Å²) in [4.78, 5) is 0. The summed E-state index contributed by atoms with van der Waals surface area (Å²) < 4.78 is 29.9. The third-order valence-electron chi connectivity index (χ3n) is 10.5. The summed E-state index contributed by atoms with van der Waals surface area (Å²) in [6.07, 6.45) is 11.4. The standard InChI is InChI=1S/C24H34O5/c1(3-26-17-7-11-5-13(17)15-9-19-23(28-19)21(11)15)25-2-4-27-18-8-12-6-14(18)16-10-20-24(29-20)22(12)16/h11-24H,1-10H2/t11-,12+,13+,14-,15-,16-,17-,18-,19-,20-,21-,22-,23+,24+/m1/s1. The summed E-state index contributed by atoms with van der Waals surface area (Å²) >= 11 is 0. The molecule has 2 aliphatic heterocycles. The Balaban J connectivity index is 0.740. The second kappa shape index (κ2) is 6.19. The van der Waals surface area contributed by atoms with Crippen LogP contribution in [0.1, 0.15) is 38.5 Å². The lowest BCUT2D eigenvalue weighted by Gasteiger charge is -2.33. The second-order valence-corrected chi connectivity index (χ2v) is 11.5. The first-order chi connectivity index (χ1) is 14.3. The Labute approximate surface area is 173 Å². The summed E-state index contributed by atoms with van der Waals surface area (Å²) in [7, 11) is 0. The summed E-state index contributed by atoms with van der Waals surface area (Å²) in [5.74, 6) is 6.91. The van der Waals surface area contributed by atoms with Gasteiger partial charge in [0.25, 0.3) is 0 Å². The molecular weight excluding hydrogens is 368 g/mol. The molecule has 8 rings (SSSR count). The van der Waals surface area contributed by atoms with Crippen LogP contribution in [0.5, 0.6) is 0 Å². The highest BCUT2D eigenvalue weighted by Gasteiger charge is 2.67. The van der Waals surface area contributed by atoms with Crippen molar-refractivity contribution in [3.05, 3.63) is 0 Å². The van der Waals surface area contributed by atoms with Crippen LogP contribution < -0.4 is 0 Å². The molecule has 5 nitrogen and oxygen atoms in total. The van der Waals surface area contributed by atoms with E-state index in [9.17, 15) is 0 Å². The second-order valence-electron chi connectivity index (χ2n) is 11.5. The normalized spacial score (nSPS) is 61.7. The maximum atomic E-state index is 6.26. The smallest absolute Gasteiger partial charge is 0.0875 e. The average molecular weight is 403 g/mol. The van der Waals surface area contributed by atoms with Crippen molar-refractivity contribution < 1.29 is 23.7 Å². The number of ether oxygens (including phenoxy) is 5. The van der Waals surface area contributed by atoms with Gasteiger partial charge in [-0.05, 0) is 85.9 Å². The van der Waals surface area contributed by atoms with Gasteiger partial charge in [-0.3, -0.25) is 0 Å². The monoisotopic (exact) mass is 402 g/mol. The Kier molecular flexibility index (Phi) is 3.71. The van der Waals surface area contributed by atoms with Crippen LogP contribution in [0.2, 0.25) is 0 Å². The van der Waals surface area contributed by atoms with Crippen LogP contribution in [-0.4, -0.2) is 63.1 Å². The summed E-state index contributed by atoms with van der Waals surface area (Å²) in [5, 5.41) is 0. The van der Waals surface area contributed by atoms with Gasteiger partial charge >= 0.3 is 0 Å². The topological polar surface area (TPSA) is 52.8 Å². The van der Waals surface area contributed by atoms with E-state index in [4.69, 9.17) is 23.7 Å². The molecule has 0 amide bonds. The van der Waals surface area contributed by atoms with Crippen molar-refractivity contribution in [2.24, 2.45) is 47.3 Å². The molecule has 29 heavy (non-hydrogen) atoms. The molecule has 8 fully saturated rings. The molecule has 14 atom stereocenters. The van der Waals surface area contributed by atoms with Gasteiger partial charge in [0.2, 0.25) is 0 Å². The number of rotatable bonds is 8. The maximum Gasteiger partial charge on any atom is 0.0875 e. The van der Waals surface area contributed by atoms with Crippen LogP contribution in [0, 0.1) is 47.3 Å². The Morgan fingerprint density at radius 1 is 0.552 bits per heavy atom. The molecular formula is C24H34O5. The lowest BCUT2D eigenvalue weighted by atomic mass is 9.79. The third kappa shape index (κ3) is 2.51. The Hall–Kier alpha value is -0.200. The fourth-order valence-corrected chi connectivity index (χ4v) is 9.54. The van der Waals surface area contributed by atoms with E-state index in [1.807, 2.05) is 0 Å². The highest BCUT2D eigenvalue weighted by atomic mass is 16.6. The van der Waals surface area contributed by atoms with E-state index in [-0.39, 0.29) is 0 Å². The predicted molar refractivity (Wildman–Crippen MR) is 103 cm³/mol. The summed E-state index contributed by atoms with van der Waals surface area (Å²) in [5.41, 5.74) is 0. The summed E-state index contributed by atoms with van der Waals surface area (Å²) in [6, 6.07) is 0. The minimum absolute atomic E-state index is 0.488. The molecule has 0 aromatic rings. The van der Waals surface area contributed by atoms with Crippen molar-refractivity contribution in [3.63, 3.8) is 0 Å². The fraction of sp³-hybridized carbons (Fsp3) is 1.00. The van der Waals surface area contributed by atoms with Gasteiger partial charge in [-0.1, -0.05) is 0 Å². The van der Waals surface area contributed by atoms with Crippen molar-refractivity contribution in [1.29, 1.82) is 0 Å². The van der Waals surface area contributed by atoms with Crippen LogP contribution in [0.4, 0.5) is 0 Å². The zero-order valence-corrected chi connectivity index (χ0v) is 17.2. The number of fused-ring (bicyclic) bond motifs is 14. The molecule has 0 spiro atoms. The first-order valence-electron chi connectivity index (χ1n) is 12.5. The largest absolute Gasteiger partial charge is 0.377 e. The molecule has 8 aliphatic rings. The Morgan fingerprint density at radius 2 is 1.07 bits per heavy atom. The molecule has 160 valence electrons. The zero-order valence-electron chi connectivity index (χ0n) is 17.2. The van der Waals surface area contributed by atoms with E-state index in [1.54, 1.807) is 0 Å². The van der Waals surface area contributed by atoms with Gasteiger partial charge in [0.1, 0.15) is 0 Å². The zero-order chi connectivity index (χ0) is 18.7. The van der Waals surface area contributed by atoms with Crippen molar-refractivity contribution in [2.45, 2.75) is 75.1 Å². The molecule has 0 radical (unpaired) electrons. The molecule has 4 bridgehead atoms. The van der Waals surface area contributed by atoms with Gasteiger partial charge in [-0.15, -0.1) is 0 Å². The molecule has 6 saturated carbocycles. The predicted octanol–water partition coefficient (Wildman–Crippen LogP) is 2.66. The van der Waals surface area contributed by atoms with Crippen LogP contribution in [0.25, 0.3) is 0 Å². The highest BCUT2D eigenvalue weighted by Crippen LogP contribution is 2.65. The number of hydrogen-bond acceptors (Lipinski definition) is 5. The molecule has 0 aromatic carbocycles. The molecule has 0 N–H and O–H groups in total. The van der Waals surface area contributed by atoms with Crippen molar-refractivity contribution in [3.8, 4) is 0 Å². The molecule has 0 unspecified atom stereocenters. The van der Waals surface area contributed by atoms with Crippen molar-refractivity contribution >= 4 is 0 Å². The van der Waals surface area contributed by atoms with Gasteiger partial charge in [-0.2, -0.15) is 0 Å². The van der Waals surface area contributed by atoms with Crippen LogP contribution in [-0.2, 0) is 23.7 Å². The number of hydrogen-bond donors (Lipinski definition) is 0. The van der Waals surface area contributed by atoms with E-state index in [2.05, 4.69) is 0 Å². The van der Waals surface area contributed by atoms with E-state index in [0.717, 1.165) is 60.6 Å². The Bertz CT molecular complexity index is 628. The molecule has 0 aromatic heterocycles. The van der Waals surface area contributed by atoms with Gasteiger partial charge < -0.3 is 23.7 Å². The first-order valence-corrected chi connectivity index (χ1v) is 12.5. The van der Waals surface area contributed by atoms with Gasteiger partial charge in [0.15, 0.2) is 0 Å². The van der Waals surface area contributed by atoms with E-state index >= 15 is 0 Å². The minimum atomic E-state index is 0.488. The van der Waals surface area contributed by atoms with Crippen molar-refractivity contribution in [1.82, 2.24) is 0 Å². The van der Waals surface area contributed by atoms with Gasteiger partial charge in [0, 0.05) is 0 Å². The summed E-state index contributed by atoms with van der Waals surface area (Å²) in [6.45, 7) is 2.91. The van der Waals surface area contributed by atoms with Gasteiger partial charge in [-0.25, -0.2) is 0 Å². The third-order valence-corrected chi connectivity index (χ3v) is 10.5.